The van der Waals surface area contributed by atoms with Crippen LogP contribution >= 0.6 is 0 Å². The van der Waals surface area contributed by atoms with Gasteiger partial charge in [0.05, 0.1) is 25.5 Å². The van der Waals surface area contributed by atoms with Crippen LogP contribution in [0.2, 0.25) is 0 Å². The summed E-state index contributed by atoms with van der Waals surface area (Å²) in [5.74, 6) is 1.51. The molecule has 1 aromatic rings. The van der Waals surface area contributed by atoms with Crippen LogP contribution in [0.15, 0.2) is 23.3 Å². The zero-order valence-corrected chi connectivity index (χ0v) is 16.8. The maximum absolute atomic E-state index is 5.54. The van der Waals surface area contributed by atoms with Crippen LogP contribution in [0.5, 0.6) is 0 Å². The van der Waals surface area contributed by atoms with Crippen LogP contribution in [-0.2, 0) is 11.3 Å². The monoisotopic (exact) mass is 361 g/mol. The summed E-state index contributed by atoms with van der Waals surface area (Å²) in [5, 5.41) is 6.93. The molecule has 0 amide bonds. The van der Waals surface area contributed by atoms with Gasteiger partial charge in [-0.25, -0.2) is 0 Å². The summed E-state index contributed by atoms with van der Waals surface area (Å²) >= 11 is 0. The van der Waals surface area contributed by atoms with Crippen molar-refractivity contribution in [2.75, 3.05) is 39.9 Å². The van der Waals surface area contributed by atoms with E-state index < -0.39 is 0 Å². The van der Waals surface area contributed by atoms with E-state index in [1.807, 2.05) is 19.3 Å². The highest BCUT2D eigenvalue weighted by atomic mass is 16.5. The predicted octanol–water partition coefficient (Wildman–Crippen LogP) is 2.19. The summed E-state index contributed by atoms with van der Waals surface area (Å²) in [4.78, 5) is 11.4. The predicted molar refractivity (Wildman–Crippen MR) is 107 cm³/mol. The molecule has 2 heterocycles. The number of nitrogens with one attached hydrogen (secondary N) is 2. The zero-order valence-electron chi connectivity index (χ0n) is 16.8. The van der Waals surface area contributed by atoms with Gasteiger partial charge < -0.3 is 15.4 Å². The van der Waals surface area contributed by atoms with Crippen LogP contribution in [0.3, 0.4) is 0 Å². The molecule has 0 aliphatic carbocycles. The summed E-state index contributed by atoms with van der Waals surface area (Å²) in [6.07, 6.45) is 4.22. The van der Waals surface area contributed by atoms with Crippen molar-refractivity contribution in [3.63, 3.8) is 0 Å². The Morgan fingerprint density at radius 3 is 2.62 bits per heavy atom. The van der Waals surface area contributed by atoms with Gasteiger partial charge in [-0.3, -0.25) is 14.9 Å². The first-order chi connectivity index (χ1) is 12.7. The highest BCUT2D eigenvalue weighted by molar-refractivity contribution is 5.79. The van der Waals surface area contributed by atoms with Crippen LogP contribution in [-0.4, -0.2) is 61.8 Å². The zero-order chi connectivity index (χ0) is 18.8. The van der Waals surface area contributed by atoms with E-state index in [0.717, 1.165) is 44.5 Å². The molecular formula is C20H35N5O. The molecule has 1 saturated heterocycles. The molecule has 146 valence electrons. The third-order valence-electron chi connectivity index (χ3n) is 5.35. The Balaban J connectivity index is 1.93. The largest absolute Gasteiger partial charge is 0.379 e. The molecule has 0 bridgehead atoms. The van der Waals surface area contributed by atoms with E-state index in [0.29, 0.717) is 18.5 Å². The van der Waals surface area contributed by atoms with E-state index in [2.05, 4.69) is 52.3 Å². The molecule has 1 atom stereocenters. The second kappa shape index (κ2) is 11.1. The van der Waals surface area contributed by atoms with Gasteiger partial charge in [0.1, 0.15) is 0 Å². The number of morpholine rings is 1. The van der Waals surface area contributed by atoms with Gasteiger partial charge in [0.15, 0.2) is 5.96 Å². The lowest BCUT2D eigenvalue weighted by Gasteiger charge is -2.39. The van der Waals surface area contributed by atoms with Gasteiger partial charge in [-0.15, -0.1) is 0 Å². The van der Waals surface area contributed by atoms with Crippen molar-refractivity contribution in [1.82, 2.24) is 20.5 Å². The fraction of sp³-hybridized carbons (Fsp3) is 0.700. The number of ether oxygens (including phenoxy) is 1. The topological polar surface area (TPSA) is 61.8 Å². The highest BCUT2D eigenvalue weighted by Gasteiger charge is 2.26. The first-order valence-corrected chi connectivity index (χ1v) is 9.86. The second-order valence-electron chi connectivity index (χ2n) is 6.87. The van der Waals surface area contributed by atoms with Gasteiger partial charge in [0.2, 0.25) is 0 Å². The van der Waals surface area contributed by atoms with Crippen LogP contribution in [0.25, 0.3) is 0 Å². The van der Waals surface area contributed by atoms with Crippen molar-refractivity contribution >= 4 is 5.96 Å². The van der Waals surface area contributed by atoms with Crippen molar-refractivity contribution in [2.45, 2.75) is 46.2 Å². The molecule has 0 radical (unpaired) electrons. The Kier molecular flexibility index (Phi) is 8.85. The van der Waals surface area contributed by atoms with Gasteiger partial charge >= 0.3 is 0 Å². The lowest BCUT2D eigenvalue weighted by atomic mass is 9.92. The van der Waals surface area contributed by atoms with E-state index in [9.17, 15) is 0 Å². The minimum Gasteiger partial charge on any atom is -0.379 e. The molecular weight excluding hydrogens is 326 g/mol. The van der Waals surface area contributed by atoms with Crippen molar-refractivity contribution in [3.8, 4) is 0 Å². The Labute approximate surface area is 158 Å². The average Bonchev–Trinajstić information content (AvgIpc) is 2.69. The third kappa shape index (κ3) is 5.95. The molecule has 0 saturated carbocycles. The lowest BCUT2D eigenvalue weighted by molar-refractivity contribution is 0.00272. The standard InChI is InChI=1S/C20H35N5O/c1-5-17(6-2)19(25-10-12-26-13-11-25)15-24-20(21-4)23-14-18-16(3)8-7-9-22-18/h7-9,17,19H,5-6,10-15H2,1-4H3,(H2,21,23,24). The number of aromatic nitrogens is 1. The lowest BCUT2D eigenvalue weighted by Crippen LogP contribution is -2.53. The minimum absolute atomic E-state index is 0.504. The minimum atomic E-state index is 0.504. The summed E-state index contributed by atoms with van der Waals surface area (Å²) in [7, 11) is 1.82. The Bertz CT molecular complexity index is 553. The molecule has 2 N–H and O–H groups in total. The van der Waals surface area contributed by atoms with E-state index in [1.165, 1.54) is 18.4 Å². The Morgan fingerprint density at radius 1 is 1.27 bits per heavy atom. The Hall–Kier alpha value is -1.66. The van der Waals surface area contributed by atoms with E-state index in [4.69, 9.17) is 4.74 Å². The molecule has 1 aliphatic heterocycles. The summed E-state index contributed by atoms with van der Waals surface area (Å²) < 4.78 is 5.54. The van der Waals surface area contributed by atoms with Gasteiger partial charge in [-0.2, -0.15) is 0 Å². The molecule has 1 aliphatic rings. The SMILES string of the molecule is CCC(CC)C(CNC(=NC)NCc1ncccc1C)N1CCOCC1. The number of guanidine groups is 1. The first kappa shape index (κ1) is 20.6. The van der Waals surface area contributed by atoms with Crippen LogP contribution in [0, 0.1) is 12.8 Å². The number of hydrogen-bond acceptors (Lipinski definition) is 4. The number of aliphatic imine (C=N–C) groups is 1. The molecule has 0 aromatic carbocycles. The average molecular weight is 362 g/mol. The second-order valence-corrected chi connectivity index (χ2v) is 6.87. The van der Waals surface area contributed by atoms with E-state index >= 15 is 0 Å². The van der Waals surface area contributed by atoms with Crippen molar-refractivity contribution in [3.05, 3.63) is 29.6 Å². The van der Waals surface area contributed by atoms with Gasteiger partial charge in [0.25, 0.3) is 0 Å². The maximum Gasteiger partial charge on any atom is 0.191 e. The Morgan fingerprint density at radius 2 is 2.00 bits per heavy atom. The van der Waals surface area contributed by atoms with Gasteiger partial charge in [-0.05, 0) is 24.5 Å². The molecule has 0 spiro atoms. The number of aryl methyl sites for hydroxylation is 1. The molecule has 26 heavy (non-hydrogen) atoms. The van der Waals surface area contributed by atoms with Crippen molar-refractivity contribution in [1.29, 1.82) is 0 Å². The normalized spacial score (nSPS) is 17.3. The van der Waals surface area contributed by atoms with E-state index in [-0.39, 0.29) is 0 Å². The van der Waals surface area contributed by atoms with Crippen LogP contribution in [0.4, 0.5) is 0 Å². The summed E-state index contributed by atoms with van der Waals surface area (Å²) in [6.45, 7) is 11.9. The number of pyridine rings is 1. The smallest absolute Gasteiger partial charge is 0.191 e. The van der Waals surface area contributed by atoms with Crippen molar-refractivity contribution < 1.29 is 4.74 Å². The molecule has 1 unspecified atom stereocenters. The van der Waals surface area contributed by atoms with Crippen molar-refractivity contribution in [2.24, 2.45) is 10.9 Å². The fourth-order valence-corrected chi connectivity index (χ4v) is 3.63. The quantitative estimate of drug-likeness (QED) is 0.549. The van der Waals surface area contributed by atoms with Gasteiger partial charge in [-0.1, -0.05) is 32.8 Å². The van der Waals surface area contributed by atoms with Gasteiger partial charge in [0, 0.05) is 38.9 Å². The number of hydrogen-bond donors (Lipinski definition) is 2. The molecule has 1 aromatic heterocycles. The summed E-state index contributed by atoms with van der Waals surface area (Å²) in [5.41, 5.74) is 2.25. The first-order valence-electron chi connectivity index (χ1n) is 9.86. The molecule has 6 heteroatoms. The number of nitrogens with zero attached hydrogens (tertiary/aromatic N) is 3. The number of rotatable bonds is 8. The third-order valence-corrected chi connectivity index (χ3v) is 5.35. The van der Waals surface area contributed by atoms with Crippen LogP contribution in [0.1, 0.15) is 37.9 Å². The fourth-order valence-electron chi connectivity index (χ4n) is 3.63. The molecule has 1 fully saturated rings. The summed E-state index contributed by atoms with van der Waals surface area (Å²) in [6, 6.07) is 4.56. The maximum atomic E-state index is 5.54. The molecule has 6 nitrogen and oxygen atoms in total. The van der Waals surface area contributed by atoms with Crippen LogP contribution < -0.4 is 10.6 Å². The molecule has 2 rings (SSSR count). The highest BCUT2D eigenvalue weighted by Crippen LogP contribution is 2.19. The van der Waals surface area contributed by atoms with E-state index in [1.54, 1.807) is 0 Å².